The Morgan fingerprint density at radius 3 is 2.57 bits per heavy atom. The Hall–Kier alpha value is -1.60. The van der Waals surface area contributed by atoms with Gasteiger partial charge in [0.05, 0.1) is 5.69 Å². The number of rotatable bonds is 1. The fourth-order valence-electron chi connectivity index (χ4n) is 1.16. The number of benzene rings is 1. The molecular formula is C10H6BrN3. The summed E-state index contributed by atoms with van der Waals surface area (Å²) in [4.78, 5) is 0. The third kappa shape index (κ3) is 1.68. The number of nitriles is 1. The molecule has 2 rings (SSSR count). The fraction of sp³-hybridized carbons (Fsp3) is 0. The molecule has 0 fully saturated rings. The number of halogens is 1. The van der Waals surface area contributed by atoms with Gasteiger partial charge in [-0.15, -0.1) is 0 Å². The lowest BCUT2D eigenvalue weighted by atomic mass is 10.1. The summed E-state index contributed by atoms with van der Waals surface area (Å²) in [6.07, 6.45) is 0. The number of hydrogen-bond donors (Lipinski definition) is 1. The largest absolute Gasteiger partial charge is 0.277 e. The van der Waals surface area contributed by atoms with Crippen LogP contribution in [0.15, 0.2) is 34.8 Å². The number of aromatic nitrogens is 2. The Labute approximate surface area is 89.5 Å². The van der Waals surface area contributed by atoms with Crippen molar-refractivity contribution in [3.05, 3.63) is 40.5 Å². The van der Waals surface area contributed by atoms with E-state index in [-0.39, 0.29) is 0 Å². The summed E-state index contributed by atoms with van der Waals surface area (Å²) in [5, 5.41) is 15.2. The number of hydrogen-bond acceptors (Lipinski definition) is 2. The molecule has 0 amide bonds. The van der Waals surface area contributed by atoms with Crippen molar-refractivity contribution >= 4 is 15.9 Å². The summed E-state index contributed by atoms with van der Waals surface area (Å²) in [5.41, 5.74) is 2.28. The van der Waals surface area contributed by atoms with E-state index >= 15 is 0 Å². The van der Waals surface area contributed by atoms with E-state index in [1.807, 2.05) is 30.3 Å². The number of aromatic amines is 1. The average molecular weight is 248 g/mol. The van der Waals surface area contributed by atoms with Gasteiger partial charge in [-0.25, -0.2) is 0 Å². The second-order valence-electron chi connectivity index (χ2n) is 2.79. The standard InChI is InChI=1S/C10H6BrN3/c11-8-3-1-7(2-4-8)10-5-9(6-12)13-14-10/h1-5H,(H,13,14). The highest BCUT2D eigenvalue weighted by atomic mass is 79.9. The van der Waals surface area contributed by atoms with Crippen molar-refractivity contribution in [1.29, 1.82) is 5.26 Å². The number of H-pyrrole nitrogens is 1. The van der Waals surface area contributed by atoms with E-state index < -0.39 is 0 Å². The van der Waals surface area contributed by atoms with Crippen LogP contribution in [0.5, 0.6) is 0 Å². The molecule has 1 aromatic heterocycles. The van der Waals surface area contributed by atoms with Crippen molar-refractivity contribution in [3.63, 3.8) is 0 Å². The minimum atomic E-state index is 0.405. The maximum atomic E-state index is 8.60. The van der Waals surface area contributed by atoms with Crippen LogP contribution in [0.3, 0.4) is 0 Å². The topological polar surface area (TPSA) is 52.5 Å². The van der Waals surface area contributed by atoms with Gasteiger partial charge in [0.25, 0.3) is 0 Å². The van der Waals surface area contributed by atoms with Crippen molar-refractivity contribution in [2.45, 2.75) is 0 Å². The van der Waals surface area contributed by atoms with Gasteiger partial charge in [0.1, 0.15) is 6.07 Å². The van der Waals surface area contributed by atoms with Gasteiger partial charge in [-0.2, -0.15) is 10.4 Å². The lowest BCUT2D eigenvalue weighted by molar-refractivity contribution is 1.08. The fourth-order valence-corrected chi connectivity index (χ4v) is 1.42. The smallest absolute Gasteiger partial charge is 0.162 e. The molecule has 0 bridgehead atoms. The van der Waals surface area contributed by atoms with Crippen LogP contribution in [-0.4, -0.2) is 10.2 Å². The minimum Gasteiger partial charge on any atom is -0.277 e. The Morgan fingerprint density at radius 1 is 1.29 bits per heavy atom. The van der Waals surface area contributed by atoms with Crippen LogP contribution in [0.2, 0.25) is 0 Å². The second kappa shape index (κ2) is 3.64. The van der Waals surface area contributed by atoms with Crippen molar-refractivity contribution in [2.75, 3.05) is 0 Å². The molecule has 0 spiro atoms. The van der Waals surface area contributed by atoms with Crippen LogP contribution < -0.4 is 0 Å². The first kappa shape index (κ1) is 8.97. The highest BCUT2D eigenvalue weighted by Crippen LogP contribution is 2.19. The van der Waals surface area contributed by atoms with Gasteiger partial charge < -0.3 is 0 Å². The van der Waals surface area contributed by atoms with E-state index in [1.165, 1.54) is 0 Å². The van der Waals surface area contributed by atoms with Crippen LogP contribution >= 0.6 is 15.9 Å². The zero-order valence-corrected chi connectivity index (χ0v) is 8.75. The first-order valence-electron chi connectivity index (χ1n) is 4.01. The van der Waals surface area contributed by atoms with E-state index in [9.17, 15) is 0 Å². The molecule has 0 aliphatic carbocycles. The predicted molar refractivity (Wildman–Crippen MR) is 56.4 cm³/mol. The monoisotopic (exact) mass is 247 g/mol. The van der Waals surface area contributed by atoms with Gasteiger partial charge in [0.2, 0.25) is 0 Å². The molecule has 0 saturated carbocycles. The molecule has 68 valence electrons. The molecule has 14 heavy (non-hydrogen) atoms. The van der Waals surface area contributed by atoms with Gasteiger partial charge in [-0.1, -0.05) is 28.1 Å². The van der Waals surface area contributed by atoms with Crippen LogP contribution in [0.25, 0.3) is 11.3 Å². The molecule has 2 aromatic rings. The molecule has 0 radical (unpaired) electrons. The van der Waals surface area contributed by atoms with E-state index in [0.29, 0.717) is 5.69 Å². The zero-order chi connectivity index (χ0) is 9.97. The van der Waals surface area contributed by atoms with Gasteiger partial charge in [-0.3, -0.25) is 5.10 Å². The first-order valence-corrected chi connectivity index (χ1v) is 4.80. The Balaban J connectivity index is 2.40. The Kier molecular flexibility index (Phi) is 2.33. The van der Waals surface area contributed by atoms with Crippen molar-refractivity contribution in [3.8, 4) is 17.3 Å². The summed E-state index contributed by atoms with van der Waals surface area (Å²) < 4.78 is 1.03. The van der Waals surface area contributed by atoms with Crippen molar-refractivity contribution in [2.24, 2.45) is 0 Å². The maximum Gasteiger partial charge on any atom is 0.162 e. The molecule has 0 aliphatic rings. The third-order valence-electron chi connectivity index (χ3n) is 1.85. The third-order valence-corrected chi connectivity index (χ3v) is 2.38. The lowest BCUT2D eigenvalue weighted by Crippen LogP contribution is -1.76. The minimum absolute atomic E-state index is 0.405. The zero-order valence-electron chi connectivity index (χ0n) is 7.16. The molecule has 0 atom stereocenters. The van der Waals surface area contributed by atoms with E-state index in [4.69, 9.17) is 5.26 Å². The van der Waals surface area contributed by atoms with Gasteiger partial charge in [0, 0.05) is 10.5 Å². The number of nitrogens with zero attached hydrogens (tertiary/aromatic N) is 2. The lowest BCUT2D eigenvalue weighted by Gasteiger charge is -1.95. The average Bonchev–Trinajstić information content (AvgIpc) is 2.67. The van der Waals surface area contributed by atoms with Crippen LogP contribution in [-0.2, 0) is 0 Å². The summed E-state index contributed by atoms with van der Waals surface area (Å²) in [6.45, 7) is 0. The van der Waals surface area contributed by atoms with E-state index in [2.05, 4.69) is 26.1 Å². The number of nitrogens with one attached hydrogen (secondary N) is 1. The SMILES string of the molecule is N#Cc1cc(-c2ccc(Br)cc2)[nH]n1. The van der Waals surface area contributed by atoms with E-state index in [1.54, 1.807) is 6.07 Å². The Morgan fingerprint density at radius 2 is 2.00 bits per heavy atom. The van der Waals surface area contributed by atoms with E-state index in [0.717, 1.165) is 15.7 Å². The highest BCUT2D eigenvalue weighted by molar-refractivity contribution is 9.10. The molecule has 4 heteroatoms. The predicted octanol–water partition coefficient (Wildman–Crippen LogP) is 2.71. The highest BCUT2D eigenvalue weighted by Gasteiger charge is 2.01. The van der Waals surface area contributed by atoms with Crippen LogP contribution in [0.1, 0.15) is 5.69 Å². The molecular weight excluding hydrogens is 242 g/mol. The van der Waals surface area contributed by atoms with Gasteiger partial charge >= 0.3 is 0 Å². The summed E-state index contributed by atoms with van der Waals surface area (Å²) >= 11 is 3.36. The molecule has 0 aliphatic heterocycles. The normalized spacial score (nSPS) is 9.71. The molecule has 1 N–H and O–H groups in total. The molecule has 0 unspecified atom stereocenters. The van der Waals surface area contributed by atoms with Gasteiger partial charge in [0.15, 0.2) is 5.69 Å². The second-order valence-corrected chi connectivity index (χ2v) is 3.70. The molecule has 1 heterocycles. The van der Waals surface area contributed by atoms with Crippen molar-refractivity contribution < 1.29 is 0 Å². The van der Waals surface area contributed by atoms with Crippen LogP contribution in [0.4, 0.5) is 0 Å². The summed E-state index contributed by atoms with van der Waals surface area (Å²) in [5.74, 6) is 0. The molecule has 0 saturated heterocycles. The van der Waals surface area contributed by atoms with Crippen molar-refractivity contribution in [1.82, 2.24) is 10.2 Å². The van der Waals surface area contributed by atoms with Gasteiger partial charge in [-0.05, 0) is 17.7 Å². The molecule has 3 nitrogen and oxygen atoms in total. The first-order chi connectivity index (χ1) is 6.79. The quantitative estimate of drug-likeness (QED) is 0.843. The Bertz CT molecular complexity index is 479. The molecule has 1 aromatic carbocycles. The summed E-state index contributed by atoms with van der Waals surface area (Å²) in [7, 11) is 0. The maximum absolute atomic E-state index is 8.60. The van der Waals surface area contributed by atoms with Crippen LogP contribution in [0, 0.1) is 11.3 Å². The summed E-state index contributed by atoms with van der Waals surface area (Å²) in [6, 6.07) is 11.5.